The Bertz CT molecular complexity index is 499. The molecule has 1 aliphatic heterocycles. The lowest BCUT2D eigenvalue weighted by Gasteiger charge is -2.31. The van der Waals surface area contributed by atoms with E-state index in [9.17, 15) is 8.42 Å². The fourth-order valence-corrected chi connectivity index (χ4v) is 4.27. The summed E-state index contributed by atoms with van der Waals surface area (Å²) in [5, 5.41) is 3.53. The number of rotatable bonds is 3. The van der Waals surface area contributed by atoms with Crippen molar-refractivity contribution in [2.75, 3.05) is 13.1 Å². The minimum atomic E-state index is -3.43. The third-order valence-corrected chi connectivity index (χ3v) is 5.48. The zero-order valence-corrected chi connectivity index (χ0v) is 10.9. The number of H-pyrrole nitrogens is 1. The van der Waals surface area contributed by atoms with Gasteiger partial charge in [-0.2, -0.15) is 0 Å². The van der Waals surface area contributed by atoms with Crippen LogP contribution in [0.1, 0.15) is 19.3 Å². The predicted molar refractivity (Wildman–Crippen MR) is 66.4 cm³/mol. The molecule has 0 bridgehead atoms. The van der Waals surface area contributed by atoms with Crippen molar-refractivity contribution in [3.8, 4) is 0 Å². The highest BCUT2D eigenvalue weighted by Crippen LogP contribution is 2.33. The summed E-state index contributed by atoms with van der Waals surface area (Å²) in [6.07, 6.45) is 5.69. The van der Waals surface area contributed by atoms with Crippen LogP contribution in [0, 0.1) is 11.8 Å². The van der Waals surface area contributed by atoms with Crippen LogP contribution in [0.5, 0.6) is 0 Å². The van der Waals surface area contributed by atoms with E-state index in [0.29, 0.717) is 5.92 Å². The summed E-state index contributed by atoms with van der Waals surface area (Å²) < 4.78 is 26.9. The first-order chi connectivity index (χ1) is 8.65. The van der Waals surface area contributed by atoms with Gasteiger partial charge in [0.1, 0.15) is 0 Å². The molecule has 2 heterocycles. The summed E-state index contributed by atoms with van der Waals surface area (Å²) in [5.41, 5.74) is 0. The fraction of sp³-hybridized carbons (Fsp3) is 0.727. The maximum atomic E-state index is 12.1. The number of nitrogens with one attached hydrogen (secondary N) is 3. The monoisotopic (exact) mass is 270 g/mol. The van der Waals surface area contributed by atoms with Crippen molar-refractivity contribution in [1.29, 1.82) is 0 Å². The Morgan fingerprint density at radius 1 is 1.28 bits per heavy atom. The summed E-state index contributed by atoms with van der Waals surface area (Å²) >= 11 is 0. The van der Waals surface area contributed by atoms with Gasteiger partial charge >= 0.3 is 0 Å². The van der Waals surface area contributed by atoms with Crippen molar-refractivity contribution in [2.45, 2.75) is 30.3 Å². The molecule has 1 saturated carbocycles. The molecule has 3 N–H and O–H groups in total. The molecular formula is C11H18N4O2S. The van der Waals surface area contributed by atoms with Gasteiger partial charge < -0.3 is 10.3 Å². The van der Waals surface area contributed by atoms with E-state index in [0.717, 1.165) is 38.3 Å². The molecule has 1 aliphatic carbocycles. The maximum Gasteiger partial charge on any atom is 0.257 e. The van der Waals surface area contributed by atoms with Crippen LogP contribution in [0.4, 0.5) is 0 Å². The molecule has 2 fully saturated rings. The van der Waals surface area contributed by atoms with E-state index < -0.39 is 10.0 Å². The number of aromatic amines is 1. The number of imidazole rings is 1. The van der Waals surface area contributed by atoms with Crippen LogP contribution in [0.2, 0.25) is 0 Å². The molecule has 0 spiro atoms. The summed E-state index contributed by atoms with van der Waals surface area (Å²) in [5.74, 6) is 1.35. The van der Waals surface area contributed by atoms with E-state index in [1.807, 2.05) is 0 Å². The maximum absolute atomic E-state index is 12.1. The van der Waals surface area contributed by atoms with Crippen molar-refractivity contribution < 1.29 is 8.42 Å². The largest absolute Gasteiger partial charge is 0.335 e. The van der Waals surface area contributed by atoms with Gasteiger partial charge in [0.2, 0.25) is 0 Å². The predicted octanol–water partition coefficient (Wildman–Crippen LogP) is 0.0761. The van der Waals surface area contributed by atoms with Crippen LogP contribution < -0.4 is 10.0 Å². The molecule has 1 aromatic heterocycles. The Hall–Kier alpha value is -0.920. The first kappa shape index (κ1) is 12.1. The molecule has 6 nitrogen and oxygen atoms in total. The number of fused-ring (bicyclic) bond motifs is 1. The molecule has 0 amide bonds. The topological polar surface area (TPSA) is 86.9 Å². The number of nitrogens with zero attached hydrogens (tertiary/aromatic N) is 1. The van der Waals surface area contributed by atoms with Gasteiger partial charge in [-0.3, -0.25) is 0 Å². The van der Waals surface area contributed by atoms with Gasteiger partial charge in [0.15, 0.2) is 5.03 Å². The molecule has 1 unspecified atom stereocenters. The normalized spacial score (nSPS) is 32.3. The summed E-state index contributed by atoms with van der Waals surface area (Å²) in [4.78, 5) is 6.39. The molecule has 100 valence electrons. The Balaban J connectivity index is 1.67. The van der Waals surface area contributed by atoms with E-state index in [4.69, 9.17) is 0 Å². The highest BCUT2D eigenvalue weighted by atomic mass is 32.2. The van der Waals surface area contributed by atoms with Gasteiger partial charge in [-0.05, 0) is 44.2 Å². The van der Waals surface area contributed by atoms with Crippen LogP contribution >= 0.6 is 0 Å². The quantitative estimate of drug-likeness (QED) is 0.726. The lowest BCUT2D eigenvalue weighted by atomic mass is 9.79. The summed E-state index contributed by atoms with van der Waals surface area (Å²) in [6, 6.07) is 0.0550. The highest BCUT2D eigenvalue weighted by Gasteiger charge is 2.35. The molecule has 1 saturated heterocycles. The van der Waals surface area contributed by atoms with Crippen LogP contribution in [-0.4, -0.2) is 37.5 Å². The summed E-state index contributed by atoms with van der Waals surface area (Å²) in [7, 11) is -3.43. The van der Waals surface area contributed by atoms with Gasteiger partial charge in [0, 0.05) is 6.04 Å². The lowest BCUT2D eigenvalue weighted by molar-refractivity contribution is 0.260. The first-order valence-electron chi connectivity index (χ1n) is 6.36. The molecule has 7 heteroatoms. The minimum Gasteiger partial charge on any atom is -0.335 e. The fourth-order valence-electron chi connectivity index (χ4n) is 3.08. The van der Waals surface area contributed by atoms with Gasteiger partial charge in [0.25, 0.3) is 10.0 Å². The number of sulfonamides is 1. The molecule has 0 radical (unpaired) electrons. The average molecular weight is 270 g/mol. The van der Waals surface area contributed by atoms with E-state index >= 15 is 0 Å². The number of aromatic nitrogens is 2. The SMILES string of the molecule is O=S(=O)(NC1CC[C@H]2CNC[C@H]2C1)c1cnc[nH]1. The second-order valence-electron chi connectivity index (χ2n) is 5.23. The van der Waals surface area contributed by atoms with Gasteiger partial charge in [-0.15, -0.1) is 0 Å². The van der Waals surface area contributed by atoms with E-state index in [1.165, 1.54) is 12.5 Å². The average Bonchev–Trinajstić information content (AvgIpc) is 2.99. The zero-order valence-electron chi connectivity index (χ0n) is 10.1. The second-order valence-corrected chi connectivity index (χ2v) is 6.91. The van der Waals surface area contributed by atoms with Crippen molar-refractivity contribution in [2.24, 2.45) is 11.8 Å². The summed E-state index contributed by atoms with van der Waals surface area (Å²) in [6.45, 7) is 2.11. The van der Waals surface area contributed by atoms with E-state index in [2.05, 4.69) is 20.0 Å². The molecule has 2 aliphatic rings. The lowest BCUT2D eigenvalue weighted by Crippen LogP contribution is -2.40. The van der Waals surface area contributed by atoms with Crippen molar-refractivity contribution >= 4 is 10.0 Å². The van der Waals surface area contributed by atoms with E-state index in [-0.39, 0.29) is 11.1 Å². The molecule has 3 rings (SSSR count). The highest BCUT2D eigenvalue weighted by molar-refractivity contribution is 7.89. The Morgan fingerprint density at radius 2 is 2.11 bits per heavy atom. The van der Waals surface area contributed by atoms with Gasteiger partial charge in [0.05, 0.1) is 12.5 Å². The molecule has 3 atom stereocenters. The molecule has 0 aromatic carbocycles. The van der Waals surface area contributed by atoms with Gasteiger partial charge in [-0.25, -0.2) is 18.1 Å². The van der Waals surface area contributed by atoms with Crippen molar-refractivity contribution in [3.63, 3.8) is 0 Å². The number of hydrogen-bond acceptors (Lipinski definition) is 4. The van der Waals surface area contributed by atoms with Crippen molar-refractivity contribution in [1.82, 2.24) is 20.0 Å². The van der Waals surface area contributed by atoms with Crippen LogP contribution in [0.15, 0.2) is 17.6 Å². The number of hydrogen-bond donors (Lipinski definition) is 3. The van der Waals surface area contributed by atoms with Crippen LogP contribution in [-0.2, 0) is 10.0 Å². The molecular weight excluding hydrogens is 252 g/mol. The third-order valence-electron chi connectivity index (χ3n) is 4.04. The van der Waals surface area contributed by atoms with E-state index in [1.54, 1.807) is 0 Å². The first-order valence-corrected chi connectivity index (χ1v) is 7.85. The zero-order chi connectivity index (χ0) is 12.6. The molecule has 18 heavy (non-hydrogen) atoms. The standard InChI is InChI=1S/C11H18N4O2S/c16-18(17,11-6-13-7-14-11)15-10-2-1-8-4-12-5-9(8)3-10/h6-10,12,15H,1-5H2,(H,13,14)/t8-,9+,10?/m0/s1. The Morgan fingerprint density at radius 3 is 2.89 bits per heavy atom. The Labute approximate surface area is 107 Å². The second kappa shape index (κ2) is 4.64. The minimum absolute atomic E-state index is 0.0550. The van der Waals surface area contributed by atoms with Crippen LogP contribution in [0.3, 0.4) is 0 Å². The van der Waals surface area contributed by atoms with Crippen LogP contribution in [0.25, 0.3) is 0 Å². The van der Waals surface area contributed by atoms with Crippen molar-refractivity contribution in [3.05, 3.63) is 12.5 Å². The molecule has 1 aromatic rings. The smallest absolute Gasteiger partial charge is 0.257 e. The van der Waals surface area contributed by atoms with Gasteiger partial charge in [-0.1, -0.05) is 0 Å². The third kappa shape index (κ3) is 2.30. The Kier molecular flexibility index (Phi) is 3.13.